The molecule has 1 atom stereocenters. The van der Waals surface area contributed by atoms with Crippen molar-refractivity contribution in [2.24, 2.45) is 5.92 Å². The third-order valence-corrected chi connectivity index (χ3v) is 2.58. The van der Waals surface area contributed by atoms with Crippen molar-refractivity contribution < 1.29 is 0 Å². The van der Waals surface area contributed by atoms with Gasteiger partial charge in [-0.25, -0.2) is 0 Å². The van der Waals surface area contributed by atoms with Crippen molar-refractivity contribution >= 4 is 0 Å². The van der Waals surface area contributed by atoms with Gasteiger partial charge in [0.2, 0.25) is 0 Å². The maximum Gasteiger partial charge on any atom is 0.0624 e. The lowest BCUT2D eigenvalue weighted by atomic mass is 9.96. The minimum atomic E-state index is 0.515. The van der Waals surface area contributed by atoms with Crippen LogP contribution >= 0.6 is 0 Å². The zero-order valence-corrected chi connectivity index (χ0v) is 9.64. The molecule has 0 heterocycles. The molecule has 0 aromatic rings. The van der Waals surface area contributed by atoms with Gasteiger partial charge in [-0.3, -0.25) is 0 Å². The predicted molar refractivity (Wildman–Crippen MR) is 61.8 cm³/mol. The molecule has 0 rings (SSSR count). The van der Waals surface area contributed by atoms with E-state index >= 15 is 0 Å². The van der Waals surface area contributed by atoms with Crippen molar-refractivity contribution in [3.8, 4) is 6.07 Å². The molecule has 0 fully saturated rings. The second-order valence-electron chi connectivity index (χ2n) is 3.74. The van der Waals surface area contributed by atoms with E-state index in [-0.39, 0.29) is 0 Å². The van der Waals surface area contributed by atoms with Crippen LogP contribution in [0.25, 0.3) is 0 Å². The first-order valence-electron chi connectivity index (χ1n) is 5.37. The molecule has 0 aromatic carbocycles. The van der Waals surface area contributed by atoms with Crippen LogP contribution in [0.4, 0.5) is 0 Å². The van der Waals surface area contributed by atoms with Crippen molar-refractivity contribution in [3.63, 3.8) is 0 Å². The van der Waals surface area contributed by atoms with E-state index in [0.29, 0.717) is 12.3 Å². The van der Waals surface area contributed by atoms with Crippen molar-refractivity contribution in [2.45, 2.75) is 46.5 Å². The van der Waals surface area contributed by atoms with Crippen molar-refractivity contribution in [1.82, 2.24) is 0 Å². The fraction of sp³-hybridized carbons (Fsp3) is 0.615. The first kappa shape index (κ1) is 13.0. The van der Waals surface area contributed by atoms with Crippen molar-refractivity contribution in [1.29, 1.82) is 5.26 Å². The van der Waals surface area contributed by atoms with E-state index in [2.05, 4.69) is 32.6 Å². The van der Waals surface area contributed by atoms with Crippen LogP contribution in [0.5, 0.6) is 0 Å². The zero-order valence-electron chi connectivity index (χ0n) is 9.64. The van der Waals surface area contributed by atoms with Crippen LogP contribution in [-0.2, 0) is 0 Å². The van der Waals surface area contributed by atoms with Gasteiger partial charge in [0.25, 0.3) is 0 Å². The molecular weight excluding hydrogens is 170 g/mol. The molecule has 0 saturated heterocycles. The smallest absolute Gasteiger partial charge is 0.0624 e. The summed E-state index contributed by atoms with van der Waals surface area (Å²) in [5, 5.41) is 8.61. The van der Waals surface area contributed by atoms with E-state index < -0.39 is 0 Å². The van der Waals surface area contributed by atoms with Gasteiger partial charge < -0.3 is 0 Å². The SMILES string of the molecule is C=C(C)C(=CCC(CC)CC#N)CC. The van der Waals surface area contributed by atoms with Gasteiger partial charge in [-0.2, -0.15) is 5.26 Å². The standard InChI is InChI=1S/C13H21N/c1-5-12(9-10-14)7-8-13(6-2)11(3)4/h8,12H,3,5-7,9H2,1-2,4H3. The van der Waals surface area contributed by atoms with Crippen LogP contribution in [-0.4, -0.2) is 0 Å². The average molecular weight is 191 g/mol. The van der Waals surface area contributed by atoms with E-state index in [1.165, 1.54) is 5.57 Å². The van der Waals surface area contributed by atoms with Gasteiger partial charge in [-0.05, 0) is 31.3 Å². The largest absolute Gasteiger partial charge is 0.198 e. The molecule has 1 nitrogen and oxygen atoms in total. The second kappa shape index (κ2) is 7.38. The van der Waals surface area contributed by atoms with Crippen LogP contribution in [0, 0.1) is 17.2 Å². The molecule has 0 radical (unpaired) electrons. The first-order chi connectivity index (χ1) is 6.65. The molecule has 0 aromatic heterocycles. The van der Waals surface area contributed by atoms with Gasteiger partial charge in [0.15, 0.2) is 0 Å². The van der Waals surface area contributed by atoms with Gasteiger partial charge in [0, 0.05) is 6.42 Å². The maximum atomic E-state index is 8.61. The molecule has 1 heteroatoms. The van der Waals surface area contributed by atoms with Gasteiger partial charge >= 0.3 is 0 Å². The van der Waals surface area contributed by atoms with E-state index in [1.54, 1.807) is 0 Å². The Morgan fingerprint density at radius 1 is 1.50 bits per heavy atom. The highest BCUT2D eigenvalue weighted by molar-refractivity contribution is 5.25. The second-order valence-corrected chi connectivity index (χ2v) is 3.74. The summed E-state index contributed by atoms with van der Waals surface area (Å²) >= 11 is 0. The lowest BCUT2D eigenvalue weighted by molar-refractivity contribution is 0.527. The maximum absolute atomic E-state index is 8.61. The van der Waals surface area contributed by atoms with Crippen LogP contribution in [0.1, 0.15) is 46.5 Å². The minimum absolute atomic E-state index is 0.515. The molecular formula is C13H21N. The van der Waals surface area contributed by atoms with Crippen LogP contribution < -0.4 is 0 Å². The fourth-order valence-electron chi connectivity index (χ4n) is 1.45. The molecule has 0 aliphatic rings. The molecule has 1 unspecified atom stereocenters. The van der Waals surface area contributed by atoms with Crippen molar-refractivity contribution in [3.05, 3.63) is 23.8 Å². The molecule has 14 heavy (non-hydrogen) atoms. The zero-order chi connectivity index (χ0) is 11.0. The summed E-state index contributed by atoms with van der Waals surface area (Å²) in [4.78, 5) is 0. The van der Waals surface area contributed by atoms with E-state index in [9.17, 15) is 0 Å². The minimum Gasteiger partial charge on any atom is -0.198 e. The number of allylic oxidation sites excluding steroid dienone is 3. The number of hydrogen-bond donors (Lipinski definition) is 0. The van der Waals surface area contributed by atoms with E-state index in [4.69, 9.17) is 5.26 Å². The Kier molecular flexibility index (Phi) is 6.84. The number of rotatable bonds is 6. The van der Waals surface area contributed by atoms with Gasteiger partial charge in [0.05, 0.1) is 6.07 Å². The highest BCUT2D eigenvalue weighted by Crippen LogP contribution is 2.18. The lowest BCUT2D eigenvalue weighted by Gasteiger charge is -2.09. The normalized spacial score (nSPS) is 13.4. The molecule has 0 amide bonds. The van der Waals surface area contributed by atoms with Gasteiger partial charge in [-0.1, -0.05) is 38.5 Å². The number of nitrogens with zero attached hydrogens (tertiary/aromatic N) is 1. The van der Waals surface area contributed by atoms with Crippen LogP contribution in [0.2, 0.25) is 0 Å². The highest BCUT2D eigenvalue weighted by atomic mass is 14.2. The van der Waals surface area contributed by atoms with Crippen LogP contribution in [0.3, 0.4) is 0 Å². The molecule has 0 aliphatic carbocycles. The third-order valence-electron chi connectivity index (χ3n) is 2.58. The Labute approximate surface area is 88.1 Å². The number of nitriles is 1. The Bertz CT molecular complexity index is 242. The topological polar surface area (TPSA) is 23.8 Å². The average Bonchev–Trinajstić information content (AvgIpc) is 2.16. The quantitative estimate of drug-likeness (QED) is 0.576. The Balaban J connectivity index is 4.22. The monoisotopic (exact) mass is 191 g/mol. The first-order valence-corrected chi connectivity index (χ1v) is 5.37. The summed E-state index contributed by atoms with van der Waals surface area (Å²) < 4.78 is 0. The fourth-order valence-corrected chi connectivity index (χ4v) is 1.45. The van der Waals surface area contributed by atoms with E-state index in [0.717, 1.165) is 24.8 Å². The summed E-state index contributed by atoms with van der Waals surface area (Å²) in [5.41, 5.74) is 2.49. The summed E-state index contributed by atoms with van der Waals surface area (Å²) in [6.45, 7) is 10.3. The highest BCUT2D eigenvalue weighted by Gasteiger charge is 2.04. The summed E-state index contributed by atoms with van der Waals surface area (Å²) in [6.07, 6.45) is 6.05. The van der Waals surface area contributed by atoms with E-state index in [1.807, 2.05) is 6.92 Å². The molecule has 0 aliphatic heterocycles. The number of hydrogen-bond acceptors (Lipinski definition) is 1. The van der Waals surface area contributed by atoms with Gasteiger partial charge in [-0.15, -0.1) is 0 Å². The molecule has 0 spiro atoms. The molecule has 0 bridgehead atoms. The molecule has 0 N–H and O–H groups in total. The van der Waals surface area contributed by atoms with Crippen LogP contribution in [0.15, 0.2) is 23.8 Å². The summed E-state index contributed by atoms with van der Waals surface area (Å²) in [6, 6.07) is 2.24. The Morgan fingerprint density at radius 3 is 2.50 bits per heavy atom. The lowest BCUT2D eigenvalue weighted by Crippen LogP contribution is -1.96. The predicted octanol–water partition coefficient (Wildman–Crippen LogP) is 4.23. The third kappa shape index (κ3) is 4.87. The van der Waals surface area contributed by atoms with Gasteiger partial charge in [0.1, 0.15) is 0 Å². The summed E-state index contributed by atoms with van der Waals surface area (Å²) in [7, 11) is 0. The summed E-state index contributed by atoms with van der Waals surface area (Å²) in [5.74, 6) is 0.515. The Morgan fingerprint density at radius 2 is 2.14 bits per heavy atom. The Hall–Kier alpha value is -1.03. The van der Waals surface area contributed by atoms with Crippen molar-refractivity contribution in [2.75, 3.05) is 0 Å². The molecule has 78 valence electrons. The molecule has 0 saturated carbocycles.